The number of ether oxygens (including phenoxy) is 1. The number of nitrogens with one attached hydrogen (secondary N) is 1. The standard InChI is InChI=1S/C15H25N5O/c16-15-18-13(12-4-9-21-11-12)10-14(19-15)17-5-8-20-6-2-1-3-7-20/h10,12H,1-9,11H2,(H3,16,17,18,19)/t12-/m0/s1. The SMILES string of the molecule is Nc1nc(NCCN2CCCCC2)cc([C@H]2CCOC2)n1. The summed E-state index contributed by atoms with van der Waals surface area (Å²) in [7, 11) is 0. The lowest BCUT2D eigenvalue weighted by atomic mass is 10.0. The first-order chi connectivity index (χ1) is 10.3. The highest BCUT2D eigenvalue weighted by molar-refractivity contribution is 5.41. The van der Waals surface area contributed by atoms with E-state index < -0.39 is 0 Å². The monoisotopic (exact) mass is 291 g/mol. The summed E-state index contributed by atoms with van der Waals surface area (Å²) in [6.07, 6.45) is 5.04. The highest BCUT2D eigenvalue weighted by Gasteiger charge is 2.20. The zero-order chi connectivity index (χ0) is 14.5. The van der Waals surface area contributed by atoms with Crippen molar-refractivity contribution < 1.29 is 4.74 Å². The summed E-state index contributed by atoms with van der Waals surface area (Å²) in [6, 6.07) is 2.02. The summed E-state index contributed by atoms with van der Waals surface area (Å²) >= 11 is 0. The van der Waals surface area contributed by atoms with E-state index in [4.69, 9.17) is 10.5 Å². The number of rotatable bonds is 5. The third-order valence-electron chi connectivity index (χ3n) is 4.29. The Kier molecular flexibility index (Phi) is 4.87. The van der Waals surface area contributed by atoms with Gasteiger partial charge < -0.3 is 20.7 Å². The van der Waals surface area contributed by atoms with Gasteiger partial charge in [-0.1, -0.05) is 6.42 Å². The molecule has 3 heterocycles. The number of hydrogen-bond acceptors (Lipinski definition) is 6. The number of nitrogens with zero attached hydrogens (tertiary/aromatic N) is 3. The summed E-state index contributed by atoms with van der Waals surface area (Å²) in [5.41, 5.74) is 6.83. The molecule has 2 fully saturated rings. The number of hydrogen-bond donors (Lipinski definition) is 2. The van der Waals surface area contributed by atoms with E-state index >= 15 is 0 Å². The Morgan fingerprint density at radius 1 is 1.29 bits per heavy atom. The van der Waals surface area contributed by atoms with Crippen LogP contribution in [0.25, 0.3) is 0 Å². The molecule has 3 rings (SSSR count). The zero-order valence-corrected chi connectivity index (χ0v) is 12.6. The lowest BCUT2D eigenvalue weighted by molar-refractivity contribution is 0.193. The van der Waals surface area contributed by atoms with Gasteiger partial charge in [0.1, 0.15) is 5.82 Å². The smallest absolute Gasteiger partial charge is 0.222 e. The molecule has 6 heteroatoms. The van der Waals surface area contributed by atoms with Crippen LogP contribution >= 0.6 is 0 Å². The van der Waals surface area contributed by atoms with Gasteiger partial charge in [-0.25, -0.2) is 4.98 Å². The van der Waals surface area contributed by atoms with Crippen LogP contribution in [0, 0.1) is 0 Å². The molecule has 2 aliphatic heterocycles. The molecular formula is C15H25N5O. The number of anilines is 2. The Labute approximate surface area is 126 Å². The van der Waals surface area contributed by atoms with Crippen molar-refractivity contribution in [3.63, 3.8) is 0 Å². The van der Waals surface area contributed by atoms with E-state index in [2.05, 4.69) is 20.2 Å². The lowest BCUT2D eigenvalue weighted by Gasteiger charge is -2.26. The quantitative estimate of drug-likeness (QED) is 0.855. The maximum Gasteiger partial charge on any atom is 0.222 e. The third-order valence-corrected chi connectivity index (χ3v) is 4.29. The van der Waals surface area contributed by atoms with Gasteiger partial charge in [-0.15, -0.1) is 0 Å². The van der Waals surface area contributed by atoms with Crippen molar-refractivity contribution in [2.24, 2.45) is 0 Å². The molecule has 2 aliphatic rings. The van der Waals surface area contributed by atoms with Gasteiger partial charge in [0, 0.05) is 31.7 Å². The van der Waals surface area contributed by atoms with Crippen molar-refractivity contribution in [2.45, 2.75) is 31.6 Å². The van der Waals surface area contributed by atoms with Crippen LogP contribution in [-0.2, 0) is 4.74 Å². The predicted octanol–water partition coefficient (Wildman–Crippen LogP) is 1.46. The largest absolute Gasteiger partial charge is 0.381 e. The van der Waals surface area contributed by atoms with E-state index in [0.29, 0.717) is 11.9 Å². The van der Waals surface area contributed by atoms with Crippen LogP contribution < -0.4 is 11.1 Å². The number of nitrogens with two attached hydrogens (primary N) is 1. The maximum atomic E-state index is 5.83. The van der Waals surface area contributed by atoms with Crippen molar-refractivity contribution in [1.82, 2.24) is 14.9 Å². The predicted molar refractivity (Wildman–Crippen MR) is 83.4 cm³/mol. The summed E-state index contributed by atoms with van der Waals surface area (Å²) < 4.78 is 5.42. The van der Waals surface area contributed by atoms with E-state index in [1.165, 1.54) is 32.4 Å². The number of likely N-dealkylation sites (tertiary alicyclic amines) is 1. The molecule has 0 saturated carbocycles. The molecule has 116 valence electrons. The fraction of sp³-hybridized carbons (Fsp3) is 0.733. The van der Waals surface area contributed by atoms with Gasteiger partial charge in [0.05, 0.1) is 12.3 Å². The van der Waals surface area contributed by atoms with E-state index in [1.54, 1.807) is 0 Å². The molecule has 1 aromatic rings. The second-order valence-corrected chi connectivity index (χ2v) is 5.93. The Morgan fingerprint density at radius 3 is 2.90 bits per heavy atom. The maximum absolute atomic E-state index is 5.83. The summed E-state index contributed by atoms with van der Waals surface area (Å²) in [5.74, 6) is 1.54. The Balaban J connectivity index is 1.54. The van der Waals surface area contributed by atoms with Gasteiger partial charge in [-0.05, 0) is 32.4 Å². The first-order valence-corrected chi connectivity index (χ1v) is 8.00. The van der Waals surface area contributed by atoms with Crippen LogP contribution in [0.3, 0.4) is 0 Å². The first kappa shape index (κ1) is 14.5. The number of nitrogen functional groups attached to an aromatic ring is 1. The number of aromatic nitrogens is 2. The van der Waals surface area contributed by atoms with Gasteiger partial charge in [0.15, 0.2) is 0 Å². The third kappa shape index (κ3) is 4.04. The molecule has 0 aliphatic carbocycles. The normalized spacial score (nSPS) is 23.3. The van der Waals surface area contributed by atoms with E-state index in [9.17, 15) is 0 Å². The molecule has 0 unspecified atom stereocenters. The second kappa shape index (κ2) is 7.04. The lowest BCUT2D eigenvalue weighted by Crippen LogP contribution is -2.33. The molecule has 1 atom stereocenters. The molecule has 2 saturated heterocycles. The van der Waals surface area contributed by atoms with Crippen molar-refractivity contribution in [3.8, 4) is 0 Å². The molecular weight excluding hydrogens is 266 g/mol. The molecule has 6 nitrogen and oxygen atoms in total. The van der Waals surface area contributed by atoms with Crippen LogP contribution in [0.5, 0.6) is 0 Å². The van der Waals surface area contributed by atoms with Crippen LogP contribution in [0.1, 0.15) is 37.3 Å². The first-order valence-electron chi connectivity index (χ1n) is 8.00. The highest BCUT2D eigenvalue weighted by Crippen LogP contribution is 2.25. The van der Waals surface area contributed by atoms with E-state index in [-0.39, 0.29) is 0 Å². The fourth-order valence-electron chi connectivity index (χ4n) is 3.08. The van der Waals surface area contributed by atoms with Crippen LogP contribution in [-0.4, -0.2) is 54.3 Å². The molecule has 21 heavy (non-hydrogen) atoms. The average Bonchev–Trinajstić information content (AvgIpc) is 3.02. The Hall–Kier alpha value is -1.40. The molecule has 3 N–H and O–H groups in total. The van der Waals surface area contributed by atoms with Crippen molar-refractivity contribution >= 4 is 11.8 Å². The van der Waals surface area contributed by atoms with Crippen LogP contribution in [0.4, 0.5) is 11.8 Å². The number of piperidine rings is 1. The highest BCUT2D eigenvalue weighted by atomic mass is 16.5. The minimum atomic E-state index is 0.347. The van der Waals surface area contributed by atoms with Gasteiger partial charge >= 0.3 is 0 Å². The Bertz CT molecular complexity index is 455. The van der Waals surface area contributed by atoms with Gasteiger partial charge in [0.25, 0.3) is 0 Å². The topological polar surface area (TPSA) is 76.3 Å². The fourth-order valence-corrected chi connectivity index (χ4v) is 3.08. The van der Waals surface area contributed by atoms with E-state index in [1.807, 2.05) is 6.07 Å². The molecule has 0 amide bonds. The van der Waals surface area contributed by atoms with Crippen LogP contribution in [0.15, 0.2) is 6.07 Å². The van der Waals surface area contributed by atoms with Gasteiger partial charge in [0.2, 0.25) is 5.95 Å². The zero-order valence-electron chi connectivity index (χ0n) is 12.6. The minimum absolute atomic E-state index is 0.347. The van der Waals surface area contributed by atoms with Gasteiger partial charge in [-0.2, -0.15) is 4.98 Å². The van der Waals surface area contributed by atoms with Crippen molar-refractivity contribution in [3.05, 3.63) is 11.8 Å². The average molecular weight is 291 g/mol. The minimum Gasteiger partial charge on any atom is -0.381 e. The Morgan fingerprint density at radius 2 is 2.14 bits per heavy atom. The molecule has 0 bridgehead atoms. The molecule has 0 radical (unpaired) electrons. The van der Waals surface area contributed by atoms with E-state index in [0.717, 1.165) is 44.2 Å². The molecule has 0 aromatic carbocycles. The second-order valence-electron chi connectivity index (χ2n) is 5.93. The van der Waals surface area contributed by atoms with Gasteiger partial charge in [-0.3, -0.25) is 0 Å². The summed E-state index contributed by atoms with van der Waals surface area (Å²) in [6.45, 7) is 5.95. The van der Waals surface area contributed by atoms with Crippen molar-refractivity contribution in [2.75, 3.05) is 50.4 Å². The summed E-state index contributed by atoms with van der Waals surface area (Å²) in [5, 5.41) is 3.38. The van der Waals surface area contributed by atoms with Crippen molar-refractivity contribution in [1.29, 1.82) is 0 Å². The molecule has 0 spiro atoms. The summed E-state index contributed by atoms with van der Waals surface area (Å²) in [4.78, 5) is 11.1. The van der Waals surface area contributed by atoms with Crippen LogP contribution in [0.2, 0.25) is 0 Å². The molecule has 1 aromatic heterocycles.